The number of allylic oxidation sites excluding steroid dienone is 12. The molecule has 3 aliphatic heterocycles. The van der Waals surface area contributed by atoms with Crippen molar-refractivity contribution in [3.05, 3.63) is 121 Å². The number of rotatable bonds is 5. The van der Waals surface area contributed by atoms with Crippen LogP contribution in [0.25, 0.3) is 0 Å². The average molecular weight is 878 g/mol. The van der Waals surface area contributed by atoms with E-state index in [0.29, 0.717) is 52.1 Å². The van der Waals surface area contributed by atoms with Crippen LogP contribution in [0.3, 0.4) is 0 Å². The molecule has 0 aromatic heterocycles. The van der Waals surface area contributed by atoms with E-state index in [0.717, 1.165) is 65.6 Å². The van der Waals surface area contributed by atoms with Crippen molar-refractivity contribution < 1.29 is 137 Å². The summed E-state index contributed by atoms with van der Waals surface area (Å²) in [6.45, 7) is 21.0. The van der Waals surface area contributed by atoms with Gasteiger partial charge in [0.1, 0.15) is 6.29 Å². The third-order valence-corrected chi connectivity index (χ3v) is 6.66. The molecule has 0 aromatic carbocycles. The number of aliphatic hydroxyl groups excluding tert-OH is 1. The topological polar surface area (TPSA) is 110 Å². The van der Waals surface area contributed by atoms with Gasteiger partial charge in [-0.05, 0) is 48.0 Å². The number of carbonyl (C=O) groups is 1. The van der Waals surface area contributed by atoms with Gasteiger partial charge < -0.3 is 45.2 Å². The van der Waals surface area contributed by atoms with Gasteiger partial charge in [-0.15, -0.1) is 24.8 Å². The molecule has 0 atom stereocenters. The SMILES string of the molecule is O[CH-]C1=CC=C(C2OCCO2)C1.[3H]C1=CC=C(C2OCCO2)C1.[CH-]=O.[CH2-]C.[CH2-]C1=CC=C(C2OCCO2)C1.[CH2-]C1=CC=C(C=O)C1.[V].[V].[V].[V].[V]. The van der Waals surface area contributed by atoms with Gasteiger partial charge in [-0.25, -0.2) is 43.2 Å². The summed E-state index contributed by atoms with van der Waals surface area (Å²) in [5.74, 6) is 0. The molecule has 1 N–H and O–H groups in total. The molecule has 50 heavy (non-hydrogen) atoms. The minimum Gasteiger partial charge on any atom is -0.545 e. The van der Waals surface area contributed by atoms with Gasteiger partial charge in [0, 0.05) is 92.8 Å². The van der Waals surface area contributed by atoms with Gasteiger partial charge in [-0.3, -0.25) is 11.6 Å². The van der Waals surface area contributed by atoms with Crippen molar-refractivity contribution in [2.45, 2.75) is 51.5 Å². The summed E-state index contributed by atoms with van der Waals surface area (Å²) in [6, 6.07) is 0.638. The number of aldehydes is 1. The zero-order chi connectivity index (χ0) is 33.7. The zero-order valence-corrected chi connectivity index (χ0v) is 35.2. The summed E-state index contributed by atoms with van der Waals surface area (Å²) in [4.78, 5) is 17.8. The Bertz CT molecular complexity index is 1180. The second kappa shape index (κ2) is 34.3. The maximum Gasteiger partial charge on any atom is 0.180 e. The van der Waals surface area contributed by atoms with Crippen molar-refractivity contribution in [3.63, 3.8) is 0 Å². The Kier molecular flexibility index (Phi) is 36.9. The fraction of sp³-hybridized carbons (Fsp3) is 0.389. The van der Waals surface area contributed by atoms with Gasteiger partial charge in [0.15, 0.2) is 18.9 Å². The van der Waals surface area contributed by atoms with Crippen molar-refractivity contribution in [2.24, 2.45) is 0 Å². The normalized spacial score (nSPS) is 20.0. The van der Waals surface area contributed by atoms with Crippen molar-refractivity contribution in [3.8, 4) is 0 Å². The first-order chi connectivity index (χ1) is 22.4. The molecule has 0 amide bonds. The fourth-order valence-electron chi connectivity index (χ4n) is 4.55. The summed E-state index contributed by atoms with van der Waals surface area (Å²) in [5.41, 5.74) is 7.26. The van der Waals surface area contributed by atoms with Crippen LogP contribution in [-0.4, -0.2) is 76.7 Å². The quantitative estimate of drug-likeness (QED) is 0.276. The van der Waals surface area contributed by atoms with Gasteiger partial charge in [0.25, 0.3) is 0 Å². The van der Waals surface area contributed by atoms with Crippen molar-refractivity contribution in [2.75, 3.05) is 39.6 Å². The first-order valence-corrected chi connectivity index (χ1v) is 14.7. The van der Waals surface area contributed by atoms with Crippen LogP contribution in [0.2, 0.25) is 0 Å². The number of hydrogen-bond acceptors (Lipinski definition) is 9. The molecule has 3 fully saturated rings. The second-order valence-electron chi connectivity index (χ2n) is 9.90. The monoisotopic (exact) mass is 878 g/mol. The predicted octanol–water partition coefficient (Wildman–Crippen LogP) is 5.68. The van der Waals surface area contributed by atoms with E-state index < -0.39 is 0 Å². The molecular formula is C36H45O9V5-5. The summed E-state index contributed by atoms with van der Waals surface area (Å²) >= 11 is 0. The minimum atomic E-state index is -0.182. The number of carbonyl (C=O) groups excluding carboxylic acids is 2. The van der Waals surface area contributed by atoms with E-state index in [1.807, 2.05) is 36.5 Å². The van der Waals surface area contributed by atoms with Gasteiger partial charge in [-0.1, -0.05) is 18.2 Å². The number of ether oxygens (including phenoxy) is 6. The number of hydrogen-bond donors (Lipinski definition) is 1. The first-order valence-electron chi connectivity index (χ1n) is 15.2. The molecule has 7 rings (SSSR count). The largest absolute Gasteiger partial charge is 0.545 e. The molecular weight excluding hydrogens is 831 g/mol. The summed E-state index contributed by atoms with van der Waals surface area (Å²) in [6.07, 6.45) is 18.7. The summed E-state index contributed by atoms with van der Waals surface area (Å²) in [7, 11) is 0. The van der Waals surface area contributed by atoms with Crippen LogP contribution in [0.5, 0.6) is 0 Å². The molecule has 7 aliphatic rings. The van der Waals surface area contributed by atoms with Crippen LogP contribution in [-0.2, 0) is 131 Å². The Morgan fingerprint density at radius 2 is 1.10 bits per heavy atom. The van der Waals surface area contributed by atoms with Crippen LogP contribution in [0, 0.1) is 27.4 Å². The molecule has 3 heterocycles. The molecule has 0 unspecified atom stereocenters. The summed E-state index contributed by atoms with van der Waals surface area (Å²) in [5, 5.41) is 8.72. The van der Waals surface area contributed by atoms with E-state index in [9.17, 15) is 4.79 Å². The standard InChI is InChI=1S/C9H11O3.C9H11O2.C8H10O2.C7H7O.C2H5.CHO.5V/c10-6-7-1-2-8(5-7)9-11-3-4-12-9;1-7-2-3-8(6-7)9-10-4-5-11-9;1-2-4-7(3-1)8-9-5-6-10-8;1-6-2-3-7(4-6)5-8;2*1-2;;;;;/h1-2,6,9-10H,3-5H2;2-3,9H,1,4-6H2;1-3,8H,4-6H2;2-3,5H,1,4H2;1H2,2H3;1H;;;;;/q2*-1;;3*-1;;;;;/i;;2T;;;;;;;;. The zero-order valence-electron chi connectivity index (χ0n) is 29.2. The second-order valence-corrected chi connectivity index (χ2v) is 9.90. The molecule has 14 heteroatoms. The molecule has 4 aliphatic carbocycles. The van der Waals surface area contributed by atoms with Crippen LogP contribution in [0.4, 0.5) is 0 Å². The molecule has 0 spiro atoms. The van der Waals surface area contributed by atoms with Crippen LogP contribution in [0.1, 0.15) is 34.0 Å². The molecule has 0 bridgehead atoms. The van der Waals surface area contributed by atoms with Gasteiger partial charge in [0.2, 0.25) is 0 Å². The van der Waals surface area contributed by atoms with Crippen LogP contribution in [0.15, 0.2) is 93.7 Å². The fourth-order valence-corrected chi connectivity index (χ4v) is 4.55. The predicted molar refractivity (Wildman–Crippen MR) is 172 cm³/mol. The van der Waals surface area contributed by atoms with Crippen LogP contribution >= 0.6 is 0 Å². The smallest absolute Gasteiger partial charge is 0.180 e. The molecule has 3 saturated heterocycles. The maximum absolute atomic E-state index is 10.0. The minimum absolute atomic E-state index is 0. The Labute approximate surface area is 359 Å². The third-order valence-electron chi connectivity index (χ3n) is 6.66. The van der Waals surface area contributed by atoms with Gasteiger partial charge >= 0.3 is 0 Å². The van der Waals surface area contributed by atoms with E-state index in [4.69, 9.17) is 39.7 Å². The van der Waals surface area contributed by atoms with E-state index in [2.05, 4.69) is 27.6 Å². The Morgan fingerprint density at radius 1 is 0.680 bits per heavy atom. The van der Waals surface area contributed by atoms with E-state index >= 15 is 0 Å². The van der Waals surface area contributed by atoms with Gasteiger partial charge in [0.05, 0.1) is 41.0 Å². The van der Waals surface area contributed by atoms with Crippen molar-refractivity contribution in [1.29, 1.82) is 0 Å². The molecule has 0 aromatic rings. The van der Waals surface area contributed by atoms with Crippen molar-refractivity contribution >= 4 is 13.1 Å². The number of aliphatic hydroxyl groups is 1. The summed E-state index contributed by atoms with van der Waals surface area (Å²) < 4.78 is 39.2. The van der Waals surface area contributed by atoms with E-state index in [1.54, 1.807) is 19.1 Å². The van der Waals surface area contributed by atoms with E-state index in [1.165, 1.54) is 5.57 Å². The Hall–Kier alpha value is -0.488. The molecule has 0 saturated carbocycles. The van der Waals surface area contributed by atoms with Crippen LogP contribution < -0.4 is 0 Å². The maximum atomic E-state index is 10.0. The van der Waals surface area contributed by atoms with Gasteiger partial charge in [-0.2, -0.15) is 12.5 Å². The Morgan fingerprint density at radius 3 is 1.42 bits per heavy atom. The van der Waals surface area contributed by atoms with E-state index in [-0.39, 0.29) is 112 Å². The first kappa shape index (κ1) is 53.9. The third kappa shape index (κ3) is 20.7. The Balaban J connectivity index is -0.000000273. The molecule has 5 radical (unpaired) electrons. The van der Waals surface area contributed by atoms with Crippen molar-refractivity contribution in [1.82, 2.24) is 0 Å². The molecule has 273 valence electrons. The molecule has 9 nitrogen and oxygen atoms in total. The average Bonchev–Trinajstić information content (AvgIpc) is 3.93.